The van der Waals surface area contributed by atoms with Gasteiger partial charge in [0.25, 0.3) is 0 Å². The topological polar surface area (TPSA) is 49.8 Å². The molecule has 0 amide bonds. The lowest BCUT2D eigenvalue weighted by atomic mass is 9.94. The minimum Gasteiger partial charge on any atom is -0.327 e. The summed E-state index contributed by atoms with van der Waals surface area (Å²) in [5.74, 6) is 0.299. The summed E-state index contributed by atoms with van der Waals surface area (Å²) in [4.78, 5) is 0. The van der Waals surface area contributed by atoms with Crippen molar-refractivity contribution in [3.63, 3.8) is 0 Å². The molecule has 0 radical (unpaired) electrons. The van der Waals surface area contributed by atoms with Crippen molar-refractivity contribution in [2.75, 3.05) is 0 Å². The highest BCUT2D eigenvalue weighted by atomic mass is 14.6. The van der Waals surface area contributed by atoms with Gasteiger partial charge in [-0.15, -0.1) is 0 Å². The van der Waals surface area contributed by atoms with Crippen LogP contribution in [0, 0.1) is 11.3 Å². The van der Waals surface area contributed by atoms with Gasteiger partial charge in [-0.1, -0.05) is 19.1 Å². The predicted octanol–water partition coefficient (Wildman–Crippen LogP) is 2.01. The number of rotatable bonds is 2. The molecule has 0 aliphatic rings. The van der Waals surface area contributed by atoms with E-state index in [1.165, 1.54) is 0 Å². The molecule has 0 aliphatic carbocycles. The van der Waals surface area contributed by atoms with Gasteiger partial charge in [-0.05, 0) is 30.5 Å². The quantitative estimate of drug-likeness (QED) is 0.745. The van der Waals surface area contributed by atoms with Crippen LogP contribution in [0.3, 0.4) is 0 Å². The van der Waals surface area contributed by atoms with Gasteiger partial charge in [-0.3, -0.25) is 0 Å². The number of benzene rings is 1. The van der Waals surface area contributed by atoms with E-state index in [0.717, 1.165) is 5.56 Å². The first-order valence-corrected chi connectivity index (χ1v) is 4.41. The summed E-state index contributed by atoms with van der Waals surface area (Å²) in [6, 6.07) is 9.84. The van der Waals surface area contributed by atoms with Crippen molar-refractivity contribution >= 4 is 0 Å². The third-order valence-electron chi connectivity index (χ3n) is 2.33. The van der Waals surface area contributed by atoms with Crippen LogP contribution in [0.5, 0.6) is 0 Å². The fourth-order valence-electron chi connectivity index (χ4n) is 1.20. The Hall–Kier alpha value is -1.33. The second-order valence-corrected chi connectivity index (χ2v) is 3.39. The fraction of sp³-hybridized carbons (Fsp3) is 0.364. The molecule has 13 heavy (non-hydrogen) atoms. The Morgan fingerprint density at radius 3 is 2.62 bits per heavy atom. The van der Waals surface area contributed by atoms with Gasteiger partial charge in [0.15, 0.2) is 0 Å². The molecule has 1 aromatic carbocycles. The molecule has 0 heterocycles. The smallest absolute Gasteiger partial charge is 0.0991 e. The monoisotopic (exact) mass is 174 g/mol. The van der Waals surface area contributed by atoms with Crippen molar-refractivity contribution < 1.29 is 0 Å². The molecule has 2 nitrogen and oxygen atoms in total. The molecule has 2 atom stereocenters. The highest BCUT2D eigenvalue weighted by molar-refractivity contribution is 5.34. The summed E-state index contributed by atoms with van der Waals surface area (Å²) in [7, 11) is 0. The normalized spacial score (nSPS) is 14.6. The summed E-state index contributed by atoms with van der Waals surface area (Å²) < 4.78 is 0. The lowest BCUT2D eigenvalue weighted by Crippen LogP contribution is -2.22. The summed E-state index contributed by atoms with van der Waals surface area (Å²) in [5.41, 5.74) is 7.61. The number of nitrogens with two attached hydrogens (primary N) is 1. The molecule has 0 aliphatic heterocycles. The second-order valence-electron chi connectivity index (χ2n) is 3.39. The first kappa shape index (κ1) is 9.76. The van der Waals surface area contributed by atoms with Crippen LogP contribution in [-0.4, -0.2) is 6.04 Å². The van der Waals surface area contributed by atoms with Crippen molar-refractivity contribution in [2.45, 2.75) is 25.8 Å². The summed E-state index contributed by atoms with van der Waals surface area (Å²) in [6.45, 7) is 4.05. The van der Waals surface area contributed by atoms with E-state index in [4.69, 9.17) is 11.0 Å². The van der Waals surface area contributed by atoms with Crippen LogP contribution in [0.4, 0.5) is 0 Å². The number of hydrogen-bond acceptors (Lipinski definition) is 2. The molecule has 0 saturated carbocycles. The van der Waals surface area contributed by atoms with Crippen LogP contribution in [-0.2, 0) is 0 Å². The molecule has 0 fully saturated rings. The van der Waals surface area contributed by atoms with Gasteiger partial charge < -0.3 is 5.73 Å². The van der Waals surface area contributed by atoms with E-state index in [0.29, 0.717) is 11.5 Å². The Bertz CT molecular complexity index is 323. The van der Waals surface area contributed by atoms with Crippen molar-refractivity contribution in [1.82, 2.24) is 0 Å². The van der Waals surface area contributed by atoms with E-state index < -0.39 is 0 Å². The third-order valence-corrected chi connectivity index (χ3v) is 2.33. The average molecular weight is 174 g/mol. The maximum atomic E-state index is 8.70. The summed E-state index contributed by atoms with van der Waals surface area (Å²) >= 11 is 0. The lowest BCUT2D eigenvalue weighted by molar-refractivity contribution is 0.613. The standard InChI is InChI=1S/C11H14N2/c1-8(9(2)13)11-5-3-4-10(6-11)7-12/h3-6,8-9H,13H2,1-2H3. The molecule has 2 N–H and O–H groups in total. The first-order valence-electron chi connectivity index (χ1n) is 4.41. The summed E-state index contributed by atoms with van der Waals surface area (Å²) in [5, 5.41) is 8.70. The Labute approximate surface area is 79.0 Å². The van der Waals surface area contributed by atoms with Gasteiger partial charge in [-0.25, -0.2) is 0 Å². The van der Waals surface area contributed by atoms with Crippen molar-refractivity contribution in [1.29, 1.82) is 5.26 Å². The minimum atomic E-state index is 0.119. The van der Waals surface area contributed by atoms with Gasteiger partial charge in [-0.2, -0.15) is 5.26 Å². The molecular weight excluding hydrogens is 160 g/mol. The molecule has 2 unspecified atom stereocenters. The van der Waals surface area contributed by atoms with Crippen LogP contribution < -0.4 is 5.73 Å². The van der Waals surface area contributed by atoms with Gasteiger partial charge in [0.2, 0.25) is 0 Å². The third kappa shape index (κ3) is 2.30. The molecule has 1 rings (SSSR count). The highest BCUT2D eigenvalue weighted by Crippen LogP contribution is 2.18. The molecule has 0 bridgehead atoms. The Morgan fingerprint density at radius 2 is 2.08 bits per heavy atom. The molecule has 2 heteroatoms. The van der Waals surface area contributed by atoms with E-state index in [1.54, 1.807) is 6.07 Å². The zero-order valence-corrected chi connectivity index (χ0v) is 7.99. The first-order chi connectivity index (χ1) is 6.15. The summed E-state index contributed by atoms with van der Waals surface area (Å²) in [6.07, 6.45) is 0. The van der Waals surface area contributed by atoms with Gasteiger partial charge >= 0.3 is 0 Å². The molecule has 0 aromatic heterocycles. The van der Waals surface area contributed by atoms with Crippen molar-refractivity contribution in [2.24, 2.45) is 5.73 Å². The van der Waals surface area contributed by atoms with E-state index in [-0.39, 0.29) is 6.04 Å². The van der Waals surface area contributed by atoms with Crippen molar-refractivity contribution in [3.05, 3.63) is 35.4 Å². The number of nitrogens with zero attached hydrogens (tertiary/aromatic N) is 1. The number of nitriles is 1. The Balaban J connectivity index is 2.96. The molecule has 1 aromatic rings. The molecule has 68 valence electrons. The minimum absolute atomic E-state index is 0.119. The SMILES string of the molecule is CC(N)C(C)c1cccc(C#N)c1. The van der Waals surface area contributed by atoms with Gasteiger partial charge in [0.05, 0.1) is 11.6 Å². The Kier molecular flexibility index (Phi) is 3.05. The van der Waals surface area contributed by atoms with E-state index in [9.17, 15) is 0 Å². The largest absolute Gasteiger partial charge is 0.327 e. The van der Waals surface area contributed by atoms with Crippen molar-refractivity contribution in [3.8, 4) is 6.07 Å². The average Bonchev–Trinajstić information content (AvgIpc) is 2.16. The van der Waals surface area contributed by atoms with Gasteiger partial charge in [0, 0.05) is 6.04 Å². The van der Waals surface area contributed by atoms with E-state index in [2.05, 4.69) is 13.0 Å². The molecular formula is C11H14N2. The fourth-order valence-corrected chi connectivity index (χ4v) is 1.20. The maximum Gasteiger partial charge on any atom is 0.0991 e. The predicted molar refractivity (Wildman–Crippen MR) is 53.2 cm³/mol. The number of hydrogen-bond donors (Lipinski definition) is 1. The van der Waals surface area contributed by atoms with Crippen LogP contribution >= 0.6 is 0 Å². The van der Waals surface area contributed by atoms with Crippen LogP contribution in [0.1, 0.15) is 30.9 Å². The molecule has 0 saturated heterocycles. The van der Waals surface area contributed by atoms with Crippen LogP contribution in [0.25, 0.3) is 0 Å². The van der Waals surface area contributed by atoms with E-state index in [1.807, 2.05) is 25.1 Å². The van der Waals surface area contributed by atoms with Gasteiger partial charge in [0.1, 0.15) is 0 Å². The maximum absolute atomic E-state index is 8.70. The van der Waals surface area contributed by atoms with E-state index >= 15 is 0 Å². The Morgan fingerprint density at radius 1 is 1.38 bits per heavy atom. The zero-order valence-electron chi connectivity index (χ0n) is 7.99. The lowest BCUT2D eigenvalue weighted by Gasteiger charge is -2.15. The molecule has 0 spiro atoms. The zero-order chi connectivity index (χ0) is 9.84. The second kappa shape index (κ2) is 4.06. The highest BCUT2D eigenvalue weighted by Gasteiger charge is 2.09. The van der Waals surface area contributed by atoms with Crippen LogP contribution in [0.2, 0.25) is 0 Å². The van der Waals surface area contributed by atoms with Crippen LogP contribution in [0.15, 0.2) is 24.3 Å².